The SMILES string of the molecule is C[C@@H]1C[C@H](C)CN(S(=O)(=O)c2cccc(C(=O)N(C)[C@H](C)c3ccc(F)c(F)c3)c2)C1. The van der Waals surface area contributed by atoms with E-state index in [9.17, 15) is 22.0 Å². The molecule has 8 heteroatoms. The van der Waals surface area contributed by atoms with Crippen molar-refractivity contribution in [2.24, 2.45) is 11.8 Å². The molecule has 2 aromatic rings. The molecule has 3 atom stereocenters. The molecule has 1 aliphatic heterocycles. The van der Waals surface area contributed by atoms with Gasteiger partial charge in [-0.25, -0.2) is 17.2 Å². The van der Waals surface area contributed by atoms with Gasteiger partial charge in [-0.2, -0.15) is 4.31 Å². The van der Waals surface area contributed by atoms with Crippen molar-refractivity contribution in [2.75, 3.05) is 20.1 Å². The van der Waals surface area contributed by atoms with E-state index in [1.165, 1.54) is 27.4 Å². The highest BCUT2D eigenvalue weighted by Crippen LogP contribution is 2.28. The monoisotopic (exact) mass is 450 g/mol. The first-order chi connectivity index (χ1) is 14.5. The van der Waals surface area contributed by atoms with E-state index >= 15 is 0 Å². The number of rotatable bonds is 5. The molecule has 1 heterocycles. The standard InChI is InChI=1S/C23H28F2N2O3S/c1-15-10-16(2)14-27(13-15)31(29,30)20-7-5-6-19(11-20)23(28)26(4)17(3)18-8-9-21(24)22(25)12-18/h5-9,11-12,15-17H,10,13-14H2,1-4H3/t15-,16+,17-/m1/s1. The number of piperidine rings is 1. The van der Waals surface area contributed by atoms with Crippen LogP contribution < -0.4 is 0 Å². The van der Waals surface area contributed by atoms with Crippen LogP contribution in [0.15, 0.2) is 47.4 Å². The topological polar surface area (TPSA) is 57.7 Å². The zero-order valence-corrected chi connectivity index (χ0v) is 19.0. The molecule has 1 saturated heterocycles. The maximum absolute atomic E-state index is 13.6. The molecule has 0 saturated carbocycles. The summed E-state index contributed by atoms with van der Waals surface area (Å²) in [5, 5.41) is 0. The molecule has 168 valence electrons. The van der Waals surface area contributed by atoms with Crippen LogP contribution in [-0.2, 0) is 10.0 Å². The number of halogens is 2. The molecule has 2 aromatic carbocycles. The summed E-state index contributed by atoms with van der Waals surface area (Å²) in [6, 6.07) is 8.95. The van der Waals surface area contributed by atoms with Crippen LogP contribution >= 0.6 is 0 Å². The fourth-order valence-corrected chi connectivity index (χ4v) is 5.84. The average Bonchev–Trinajstić information content (AvgIpc) is 2.73. The van der Waals surface area contributed by atoms with Gasteiger partial charge in [0.05, 0.1) is 10.9 Å². The van der Waals surface area contributed by atoms with Gasteiger partial charge in [0.15, 0.2) is 11.6 Å². The second-order valence-corrected chi connectivity index (χ2v) is 10.5. The molecule has 0 radical (unpaired) electrons. The Labute approximate surface area is 182 Å². The third-order valence-corrected chi connectivity index (χ3v) is 7.71. The van der Waals surface area contributed by atoms with Crippen molar-refractivity contribution >= 4 is 15.9 Å². The molecule has 0 aliphatic carbocycles. The van der Waals surface area contributed by atoms with Crippen LogP contribution in [0.5, 0.6) is 0 Å². The van der Waals surface area contributed by atoms with Gasteiger partial charge in [0.2, 0.25) is 10.0 Å². The lowest BCUT2D eigenvalue weighted by Gasteiger charge is -2.34. The van der Waals surface area contributed by atoms with Gasteiger partial charge in [-0.1, -0.05) is 26.0 Å². The highest BCUT2D eigenvalue weighted by molar-refractivity contribution is 7.89. The molecule has 0 aromatic heterocycles. The number of carbonyl (C=O) groups excluding carboxylic acids is 1. The molecule has 1 fully saturated rings. The van der Waals surface area contributed by atoms with Crippen molar-refractivity contribution in [3.05, 3.63) is 65.2 Å². The van der Waals surface area contributed by atoms with Crippen LogP contribution in [0.25, 0.3) is 0 Å². The van der Waals surface area contributed by atoms with E-state index in [1.807, 2.05) is 13.8 Å². The minimum absolute atomic E-state index is 0.0773. The maximum Gasteiger partial charge on any atom is 0.254 e. The second kappa shape index (κ2) is 9.04. The van der Waals surface area contributed by atoms with Crippen LogP contribution in [-0.4, -0.2) is 43.7 Å². The highest BCUT2D eigenvalue weighted by atomic mass is 32.2. The van der Waals surface area contributed by atoms with Crippen LogP contribution in [0.4, 0.5) is 8.78 Å². The fourth-order valence-electron chi connectivity index (χ4n) is 4.12. The van der Waals surface area contributed by atoms with Crippen LogP contribution in [0.1, 0.15) is 49.2 Å². The predicted molar refractivity (Wildman–Crippen MR) is 115 cm³/mol. The third-order valence-electron chi connectivity index (χ3n) is 5.88. The first-order valence-electron chi connectivity index (χ1n) is 10.3. The molecular formula is C23H28F2N2O3S. The van der Waals surface area contributed by atoms with Crippen molar-refractivity contribution < 1.29 is 22.0 Å². The number of amides is 1. The molecule has 1 aliphatic rings. The number of carbonyl (C=O) groups is 1. The molecule has 0 spiro atoms. The van der Waals surface area contributed by atoms with E-state index in [1.54, 1.807) is 26.1 Å². The minimum atomic E-state index is -3.72. The van der Waals surface area contributed by atoms with Crippen LogP contribution in [0.2, 0.25) is 0 Å². The zero-order valence-electron chi connectivity index (χ0n) is 18.2. The van der Waals surface area contributed by atoms with E-state index in [0.717, 1.165) is 18.6 Å². The Hall–Kier alpha value is -2.32. The van der Waals surface area contributed by atoms with E-state index in [0.29, 0.717) is 18.7 Å². The summed E-state index contributed by atoms with van der Waals surface area (Å²) in [6.07, 6.45) is 0.983. The second-order valence-electron chi connectivity index (χ2n) is 8.56. The minimum Gasteiger partial charge on any atom is -0.335 e. The first-order valence-corrected chi connectivity index (χ1v) is 11.8. The van der Waals surface area contributed by atoms with E-state index < -0.39 is 33.6 Å². The van der Waals surface area contributed by atoms with E-state index in [2.05, 4.69) is 0 Å². The largest absolute Gasteiger partial charge is 0.335 e. The van der Waals surface area contributed by atoms with Gasteiger partial charge in [0.25, 0.3) is 5.91 Å². The Bertz CT molecular complexity index is 1060. The molecule has 3 rings (SSSR count). The number of hydrogen-bond donors (Lipinski definition) is 0. The Kier molecular flexibility index (Phi) is 6.81. The van der Waals surface area contributed by atoms with Crippen LogP contribution in [0, 0.1) is 23.5 Å². The van der Waals surface area contributed by atoms with E-state index in [-0.39, 0.29) is 22.3 Å². The van der Waals surface area contributed by atoms with Crippen molar-refractivity contribution in [3.63, 3.8) is 0 Å². The summed E-state index contributed by atoms with van der Waals surface area (Å²) in [6.45, 7) is 6.68. The van der Waals surface area contributed by atoms with Crippen molar-refractivity contribution in [3.8, 4) is 0 Å². The zero-order chi connectivity index (χ0) is 22.9. The third kappa shape index (κ3) is 4.96. The molecular weight excluding hydrogens is 422 g/mol. The van der Waals surface area contributed by atoms with Gasteiger partial charge in [-0.3, -0.25) is 4.79 Å². The normalized spacial score (nSPS) is 21.0. The summed E-state index contributed by atoms with van der Waals surface area (Å²) < 4.78 is 54.7. The lowest BCUT2D eigenvalue weighted by Crippen LogP contribution is -2.42. The number of hydrogen-bond acceptors (Lipinski definition) is 3. The molecule has 1 amide bonds. The number of nitrogens with zero attached hydrogens (tertiary/aromatic N) is 2. The quantitative estimate of drug-likeness (QED) is 0.676. The average molecular weight is 451 g/mol. The predicted octanol–water partition coefficient (Wildman–Crippen LogP) is 4.46. The van der Waals surface area contributed by atoms with Gasteiger partial charge in [-0.05, 0) is 61.1 Å². The summed E-state index contributed by atoms with van der Waals surface area (Å²) in [7, 11) is -2.18. The highest BCUT2D eigenvalue weighted by Gasteiger charge is 2.32. The number of benzene rings is 2. The molecule has 0 unspecified atom stereocenters. The first kappa shape index (κ1) is 23.3. The number of sulfonamides is 1. The molecule has 0 bridgehead atoms. The lowest BCUT2D eigenvalue weighted by molar-refractivity contribution is 0.0742. The Balaban J connectivity index is 1.84. The lowest BCUT2D eigenvalue weighted by atomic mass is 9.94. The maximum atomic E-state index is 13.6. The fraction of sp³-hybridized carbons (Fsp3) is 0.435. The Morgan fingerprint density at radius 2 is 1.71 bits per heavy atom. The van der Waals surface area contributed by atoms with Gasteiger partial charge in [0.1, 0.15) is 0 Å². The summed E-state index contributed by atoms with van der Waals surface area (Å²) in [5.74, 6) is -1.81. The smallest absolute Gasteiger partial charge is 0.254 e. The Morgan fingerprint density at radius 1 is 1.06 bits per heavy atom. The van der Waals surface area contributed by atoms with Gasteiger partial charge in [0, 0.05) is 25.7 Å². The summed E-state index contributed by atoms with van der Waals surface area (Å²) in [4.78, 5) is 14.5. The molecule has 0 N–H and O–H groups in total. The summed E-state index contributed by atoms with van der Waals surface area (Å²) in [5.41, 5.74) is 0.658. The Morgan fingerprint density at radius 3 is 2.32 bits per heavy atom. The van der Waals surface area contributed by atoms with Crippen LogP contribution in [0.3, 0.4) is 0 Å². The van der Waals surface area contributed by atoms with Gasteiger partial charge >= 0.3 is 0 Å². The molecule has 5 nitrogen and oxygen atoms in total. The van der Waals surface area contributed by atoms with Crippen molar-refractivity contribution in [2.45, 2.75) is 38.1 Å². The van der Waals surface area contributed by atoms with Gasteiger partial charge < -0.3 is 4.90 Å². The van der Waals surface area contributed by atoms with Gasteiger partial charge in [-0.15, -0.1) is 0 Å². The van der Waals surface area contributed by atoms with E-state index in [4.69, 9.17) is 0 Å². The summed E-state index contributed by atoms with van der Waals surface area (Å²) >= 11 is 0. The van der Waals surface area contributed by atoms with Crippen molar-refractivity contribution in [1.82, 2.24) is 9.21 Å². The molecule has 31 heavy (non-hydrogen) atoms. The van der Waals surface area contributed by atoms with Crippen molar-refractivity contribution in [1.29, 1.82) is 0 Å².